The minimum Gasteiger partial charge on any atom is -0.444 e. The van der Waals surface area contributed by atoms with E-state index in [0.29, 0.717) is 22.9 Å². The number of anilines is 1. The van der Waals surface area contributed by atoms with Gasteiger partial charge in [-0.05, 0) is 58.6 Å². The van der Waals surface area contributed by atoms with Crippen LogP contribution in [0, 0.1) is 0 Å². The van der Waals surface area contributed by atoms with E-state index >= 15 is 0 Å². The number of pyridine rings is 2. The Labute approximate surface area is 230 Å². The molecule has 4 heterocycles. The van der Waals surface area contributed by atoms with Gasteiger partial charge in [0.1, 0.15) is 22.1 Å². The lowest BCUT2D eigenvalue weighted by molar-refractivity contribution is 0.0491. The quantitative estimate of drug-likeness (QED) is 0.316. The van der Waals surface area contributed by atoms with Crippen LogP contribution >= 0.6 is 11.3 Å². The Hall–Kier alpha value is -4.06. The van der Waals surface area contributed by atoms with Crippen LogP contribution in [0.15, 0.2) is 36.8 Å². The number of rotatable bonds is 6. The summed E-state index contributed by atoms with van der Waals surface area (Å²) in [6.07, 6.45) is 8.36. The molecule has 1 saturated carbocycles. The zero-order valence-electron chi connectivity index (χ0n) is 22.4. The number of fused-ring (bicyclic) bond motifs is 1. The van der Waals surface area contributed by atoms with Crippen LogP contribution in [-0.4, -0.2) is 55.4 Å². The van der Waals surface area contributed by atoms with Crippen LogP contribution in [0.25, 0.3) is 27.4 Å². The van der Waals surface area contributed by atoms with Gasteiger partial charge in [-0.15, -0.1) is 10.2 Å². The Morgan fingerprint density at radius 1 is 1.10 bits per heavy atom. The maximum atomic E-state index is 12.1. The Morgan fingerprint density at radius 3 is 2.56 bits per heavy atom. The van der Waals surface area contributed by atoms with E-state index in [-0.39, 0.29) is 12.1 Å². The third kappa shape index (κ3) is 5.85. The standard InChI is InChI=1S/C27H32N8O3S/c1-27(2,3)38-26(37)32-18-7-5-15(6-8-18)24-33-34-25(39-24)19-14-30-21(12-20(19)29-4)35-10-9-16-11-17(22(28)36)13-31-23(16)35/h9-15,18H,5-8H2,1-4H3,(H2,28,36)(H,29,30)(H,32,37). The number of ether oxygens (including phenoxy) is 1. The molecule has 204 valence electrons. The highest BCUT2D eigenvalue weighted by molar-refractivity contribution is 7.14. The fourth-order valence-corrected chi connectivity index (χ4v) is 5.80. The van der Waals surface area contributed by atoms with Gasteiger partial charge in [-0.3, -0.25) is 9.36 Å². The number of hydrogen-bond acceptors (Lipinski definition) is 9. The lowest BCUT2D eigenvalue weighted by Gasteiger charge is -2.29. The summed E-state index contributed by atoms with van der Waals surface area (Å²) in [7, 11) is 1.86. The van der Waals surface area contributed by atoms with Gasteiger partial charge in [0.15, 0.2) is 5.01 Å². The molecule has 0 spiro atoms. The number of amides is 2. The summed E-state index contributed by atoms with van der Waals surface area (Å²) in [5.41, 5.74) is 7.65. The van der Waals surface area contributed by atoms with Gasteiger partial charge in [0.2, 0.25) is 5.91 Å². The molecule has 0 radical (unpaired) electrons. The SMILES string of the molecule is CNc1cc(-n2ccc3cc(C(N)=O)cnc32)ncc1-c1nnc(C2CCC(NC(=O)OC(C)(C)C)CC2)s1. The summed E-state index contributed by atoms with van der Waals surface area (Å²) in [5, 5.41) is 17.8. The van der Waals surface area contributed by atoms with Crippen LogP contribution in [0.5, 0.6) is 0 Å². The topological polar surface area (TPSA) is 150 Å². The van der Waals surface area contributed by atoms with Crippen LogP contribution in [-0.2, 0) is 4.74 Å². The molecule has 39 heavy (non-hydrogen) atoms. The van der Waals surface area contributed by atoms with E-state index < -0.39 is 11.5 Å². The highest BCUT2D eigenvalue weighted by Crippen LogP contribution is 2.38. The van der Waals surface area contributed by atoms with Gasteiger partial charge >= 0.3 is 6.09 Å². The molecule has 12 heteroatoms. The first-order valence-corrected chi connectivity index (χ1v) is 13.7. The zero-order chi connectivity index (χ0) is 27.7. The Morgan fingerprint density at radius 2 is 1.87 bits per heavy atom. The minimum absolute atomic E-state index is 0.109. The summed E-state index contributed by atoms with van der Waals surface area (Å²) in [6, 6.07) is 5.64. The third-order valence-corrected chi connectivity index (χ3v) is 7.80. The van der Waals surface area contributed by atoms with E-state index in [0.717, 1.165) is 52.3 Å². The van der Waals surface area contributed by atoms with Crippen LogP contribution in [0.1, 0.15) is 67.7 Å². The van der Waals surface area contributed by atoms with Gasteiger partial charge in [-0.2, -0.15) is 0 Å². The second-order valence-corrected chi connectivity index (χ2v) is 11.7. The van der Waals surface area contributed by atoms with Gasteiger partial charge in [0, 0.05) is 54.7 Å². The molecule has 1 fully saturated rings. The molecule has 4 N–H and O–H groups in total. The Kier molecular flexibility index (Phi) is 7.21. The zero-order valence-corrected chi connectivity index (χ0v) is 23.2. The van der Waals surface area contributed by atoms with Crippen molar-refractivity contribution in [3.8, 4) is 16.4 Å². The highest BCUT2D eigenvalue weighted by Gasteiger charge is 2.28. The first-order valence-electron chi connectivity index (χ1n) is 12.9. The summed E-state index contributed by atoms with van der Waals surface area (Å²) in [5.74, 6) is 0.470. The van der Waals surface area contributed by atoms with E-state index in [9.17, 15) is 9.59 Å². The lowest BCUT2D eigenvalue weighted by atomic mass is 9.86. The molecular weight excluding hydrogens is 516 g/mol. The number of nitrogens with zero attached hydrogens (tertiary/aromatic N) is 5. The van der Waals surface area contributed by atoms with E-state index in [1.54, 1.807) is 23.6 Å². The van der Waals surface area contributed by atoms with Crippen LogP contribution in [0.3, 0.4) is 0 Å². The number of carbonyl (C=O) groups is 2. The molecule has 11 nitrogen and oxygen atoms in total. The van der Waals surface area contributed by atoms with E-state index in [4.69, 9.17) is 10.5 Å². The predicted octanol–water partition coefficient (Wildman–Crippen LogP) is 4.63. The molecule has 4 aromatic rings. The first kappa shape index (κ1) is 26.5. The molecule has 0 unspecified atom stereocenters. The summed E-state index contributed by atoms with van der Waals surface area (Å²) >= 11 is 1.58. The molecule has 2 amide bonds. The van der Waals surface area contributed by atoms with Crippen LogP contribution < -0.4 is 16.4 Å². The third-order valence-electron chi connectivity index (χ3n) is 6.68. The van der Waals surface area contributed by atoms with Crippen molar-refractivity contribution in [2.75, 3.05) is 12.4 Å². The number of aromatic nitrogens is 5. The number of nitrogens with two attached hydrogens (primary N) is 1. The van der Waals surface area contributed by atoms with Crippen molar-refractivity contribution in [1.29, 1.82) is 0 Å². The van der Waals surface area contributed by atoms with Gasteiger partial charge in [-0.25, -0.2) is 14.8 Å². The summed E-state index contributed by atoms with van der Waals surface area (Å²) < 4.78 is 7.25. The van der Waals surface area contributed by atoms with Gasteiger partial charge in [0.25, 0.3) is 0 Å². The van der Waals surface area contributed by atoms with E-state index in [1.807, 2.05) is 50.7 Å². The summed E-state index contributed by atoms with van der Waals surface area (Å²) in [4.78, 5) is 32.7. The van der Waals surface area contributed by atoms with Gasteiger partial charge < -0.3 is 21.1 Å². The molecular formula is C27H32N8O3S. The number of hydrogen-bond donors (Lipinski definition) is 3. The van der Waals surface area contributed by atoms with Crippen molar-refractivity contribution in [2.45, 2.75) is 64.0 Å². The van der Waals surface area contributed by atoms with E-state index in [1.165, 1.54) is 6.20 Å². The molecule has 5 rings (SSSR count). The smallest absolute Gasteiger partial charge is 0.407 e. The molecule has 0 bridgehead atoms. The number of primary amides is 1. The van der Waals surface area contributed by atoms with Crippen molar-refractivity contribution in [3.05, 3.63) is 47.4 Å². The monoisotopic (exact) mass is 548 g/mol. The lowest BCUT2D eigenvalue weighted by Crippen LogP contribution is -2.40. The molecule has 0 aromatic carbocycles. The average molecular weight is 549 g/mol. The van der Waals surface area contributed by atoms with Gasteiger partial charge in [-0.1, -0.05) is 11.3 Å². The average Bonchev–Trinajstić information content (AvgIpc) is 3.55. The summed E-state index contributed by atoms with van der Waals surface area (Å²) in [6.45, 7) is 5.59. The fourth-order valence-electron chi connectivity index (χ4n) is 4.76. The molecule has 0 aliphatic heterocycles. The van der Waals surface area contributed by atoms with Crippen molar-refractivity contribution in [1.82, 2.24) is 30.0 Å². The van der Waals surface area contributed by atoms with Crippen molar-refractivity contribution >= 4 is 40.1 Å². The predicted molar refractivity (Wildman–Crippen MR) is 150 cm³/mol. The fraction of sp³-hybridized carbons (Fsp3) is 0.407. The largest absolute Gasteiger partial charge is 0.444 e. The van der Waals surface area contributed by atoms with E-state index in [2.05, 4.69) is 30.8 Å². The molecule has 1 aliphatic carbocycles. The molecule has 1 aliphatic rings. The highest BCUT2D eigenvalue weighted by atomic mass is 32.1. The molecule has 0 atom stereocenters. The van der Waals surface area contributed by atoms with Crippen molar-refractivity contribution < 1.29 is 14.3 Å². The first-order chi connectivity index (χ1) is 18.6. The molecule has 0 saturated heterocycles. The number of alkyl carbamates (subject to hydrolysis) is 1. The van der Waals surface area contributed by atoms with Crippen LogP contribution in [0.4, 0.5) is 10.5 Å². The normalized spacial score (nSPS) is 17.6. The Balaban J connectivity index is 1.29. The van der Waals surface area contributed by atoms with Crippen molar-refractivity contribution in [3.63, 3.8) is 0 Å². The second-order valence-electron chi connectivity index (χ2n) is 10.7. The second kappa shape index (κ2) is 10.6. The maximum Gasteiger partial charge on any atom is 0.407 e. The van der Waals surface area contributed by atoms with Gasteiger partial charge in [0.05, 0.1) is 11.1 Å². The maximum absolute atomic E-state index is 12.1. The van der Waals surface area contributed by atoms with Crippen LogP contribution in [0.2, 0.25) is 0 Å². The number of nitrogens with one attached hydrogen (secondary N) is 2. The Bertz CT molecular complexity index is 1510. The number of carbonyl (C=O) groups excluding carboxylic acids is 2. The molecule has 4 aromatic heterocycles. The van der Waals surface area contributed by atoms with Crippen molar-refractivity contribution in [2.24, 2.45) is 5.73 Å². The minimum atomic E-state index is -0.515.